The van der Waals surface area contributed by atoms with Gasteiger partial charge in [0.25, 0.3) is 0 Å². The summed E-state index contributed by atoms with van der Waals surface area (Å²) in [5.41, 5.74) is 1.23. The molecule has 2 aliphatic rings. The first-order chi connectivity index (χ1) is 13.1. The number of carbonyl (C=O) groups excluding carboxylic acids is 1. The van der Waals surface area contributed by atoms with Crippen molar-refractivity contribution in [1.82, 2.24) is 14.7 Å². The van der Waals surface area contributed by atoms with Crippen LogP contribution in [0.4, 0.5) is 0 Å². The Morgan fingerprint density at radius 3 is 2.56 bits per heavy atom. The Balaban J connectivity index is 1.50. The van der Waals surface area contributed by atoms with Gasteiger partial charge in [-0.15, -0.1) is 0 Å². The summed E-state index contributed by atoms with van der Waals surface area (Å²) in [4.78, 5) is 30.0. The Bertz CT molecular complexity index is 649. The number of likely N-dealkylation sites (tertiary alicyclic amines) is 1. The minimum atomic E-state index is -0.818. The molecular formula is C20H29N3O4. The summed E-state index contributed by atoms with van der Waals surface area (Å²) in [6.07, 6.45) is 2.42. The van der Waals surface area contributed by atoms with Gasteiger partial charge in [0.1, 0.15) is 11.8 Å². The van der Waals surface area contributed by atoms with Crippen molar-refractivity contribution in [2.75, 3.05) is 46.4 Å². The summed E-state index contributed by atoms with van der Waals surface area (Å²) < 4.78 is 5.20. The molecule has 3 rings (SSSR count). The van der Waals surface area contributed by atoms with E-state index in [1.54, 1.807) is 7.11 Å². The number of carboxylic acid groups (broad SMARTS) is 1. The van der Waals surface area contributed by atoms with Gasteiger partial charge in [-0.1, -0.05) is 12.1 Å². The first-order valence-electron chi connectivity index (χ1n) is 9.67. The molecular weight excluding hydrogens is 346 g/mol. The fraction of sp³-hybridized carbons (Fsp3) is 0.600. The van der Waals surface area contributed by atoms with Gasteiger partial charge in [0, 0.05) is 32.7 Å². The number of carboxylic acids is 1. The van der Waals surface area contributed by atoms with Gasteiger partial charge in [-0.05, 0) is 43.5 Å². The zero-order valence-electron chi connectivity index (χ0n) is 16.0. The van der Waals surface area contributed by atoms with Crippen LogP contribution in [0.15, 0.2) is 24.3 Å². The SMILES string of the molecule is COc1ccc(CN2CCCN(C(=O)CN3CCC[C@H]3C(=O)O)CC2)cc1. The molecule has 0 bridgehead atoms. The van der Waals surface area contributed by atoms with Gasteiger partial charge >= 0.3 is 5.97 Å². The summed E-state index contributed by atoms with van der Waals surface area (Å²) in [5.74, 6) is 0.0873. The van der Waals surface area contributed by atoms with Crippen LogP contribution in [0, 0.1) is 0 Å². The molecule has 1 aromatic carbocycles. The van der Waals surface area contributed by atoms with Crippen LogP contribution < -0.4 is 4.74 Å². The highest BCUT2D eigenvalue weighted by atomic mass is 16.5. The van der Waals surface area contributed by atoms with E-state index in [0.717, 1.165) is 44.8 Å². The minimum absolute atomic E-state index is 0.0504. The molecule has 0 aliphatic carbocycles. The van der Waals surface area contributed by atoms with Gasteiger partial charge < -0.3 is 14.7 Å². The lowest BCUT2D eigenvalue weighted by Crippen LogP contribution is -2.45. The van der Waals surface area contributed by atoms with Crippen molar-refractivity contribution in [1.29, 1.82) is 0 Å². The van der Waals surface area contributed by atoms with Crippen molar-refractivity contribution in [3.63, 3.8) is 0 Å². The average molecular weight is 375 g/mol. The molecule has 2 aliphatic heterocycles. The quantitative estimate of drug-likeness (QED) is 0.808. The van der Waals surface area contributed by atoms with Gasteiger partial charge in [-0.3, -0.25) is 19.4 Å². The van der Waals surface area contributed by atoms with E-state index in [4.69, 9.17) is 4.74 Å². The lowest BCUT2D eigenvalue weighted by atomic mass is 10.2. The number of nitrogens with zero attached hydrogens (tertiary/aromatic N) is 3. The fourth-order valence-electron chi connectivity index (χ4n) is 3.94. The number of benzene rings is 1. The van der Waals surface area contributed by atoms with Crippen LogP contribution in [0.3, 0.4) is 0 Å². The van der Waals surface area contributed by atoms with Crippen LogP contribution in [0.25, 0.3) is 0 Å². The predicted molar refractivity (Wildman–Crippen MR) is 102 cm³/mol. The summed E-state index contributed by atoms with van der Waals surface area (Å²) in [6, 6.07) is 7.58. The molecule has 148 valence electrons. The lowest BCUT2D eigenvalue weighted by molar-refractivity contribution is -0.143. The number of hydrogen-bond donors (Lipinski definition) is 1. The monoisotopic (exact) mass is 375 g/mol. The van der Waals surface area contributed by atoms with Crippen molar-refractivity contribution >= 4 is 11.9 Å². The normalized spacial score (nSPS) is 21.8. The van der Waals surface area contributed by atoms with E-state index in [9.17, 15) is 14.7 Å². The highest BCUT2D eigenvalue weighted by Gasteiger charge is 2.32. The van der Waals surface area contributed by atoms with Gasteiger partial charge in [0.2, 0.25) is 5.91 Å². The highest BCUT2D eigenvalue weighted by molar-refractivity contribution is 5.80. The average Bonchev–Trinajstić information content (AvgIpc) is 3.00. The maximum Gasteiger partial charge on any atom is 0.320 e. The van der Waals surface area contributed by atoms with Crippen LogP contribution in [0.1, 0.15) is 24.8 Å². The largest absolute Gasteiger partial charge is 0.497 e. The summed E-state index contributed by atoms with van der Waals surface area (Å²) >= 11 is 0. The smallest absolute Gasteiger partial charge is 0.320 e. The maximum absolute atomic E-state index is 12.7. The van der Waals surface area contributed by atoms with Gasteiger partial charge in [-0.25, -0.2) is 0 Å². The van der Waals surface area contributed by atoms with Crippen molar-refractivity contribution in [2.45, 2.75) is 31.8 Å². The Hall–Kier alpha value is -2.12. The van der Waals surface area contributed by atoms with Crippen molar-refractivity contribution in [3.05, 3.63) is 29.8 Å². The Labute approximate surface area is 160 Å². The number of aliphatic carboxylic acids is 1. The molecule has 0 saturated carbocycles. The molecule has 7 nitrogen and oxygen atoms in total. The number of carbonyl (C=O) groups is 2. The second-order valence-corrected chi connectivity index (χ2v) is 7.33. The van der Waals surface area contributed by atoms with E-state index in [1.807, 2.05) is 21.9 Å². The molecule has 2 heterocycles. The number of ether oxygens (including phenoxy) is 1. The van der Waals surface area contributed by atoms with Crippen LogP contribution in [0.2, 0.25) is 0 Å². The fourth-order valence-corrected chi connectivity index (χ4v) is 3.94. The molecule has 0 unspecified atom stereocenters. The highest BCUT2D eigenvalue weighted by Crippen LogP contribution is 2.18. The topological polar surface area (TPSA) is 73.3 Å². The van der Waals surface area contributed by atoms with Crippen LogP contribution in [0.5, 0.6) is 5.75 Å². The molecule has 0 aromatic heterocycles. The van der Waals surface area contributed by atoms with E-state index in [-0.39, 0.29) is 12.5 Å². The van der Waals surface area contributed by atoms with E-state index in [0.29, 0.717) is 19.5 Å². The van der Waals surface area contributed by atoms with E-state index >= 15 is 0 Å². The number of methoxy groups -OCH3 is 1. The molecule has 1 amide bonds. The van der Waals surface area contributed by atoms with Gasteiger partial charge in [-0.2, -0.15) is 0 Å². The second-order valence-electron chi connectivity index (χ2n) is 7.33. The summed E-state index contributed by atoms with van der Waals surface area (Å²) in [7, 11) is 1.66. The third-order valence-corrected chi connectivity index (χ3v) is 5.49. The molecule has 27 heavy (non-hydrogen) atoms. The Kier molecular flexibility index (Phi) is 6.68. The van der Waals surface area contributed by atoms with Gasteiger partial charge in [0.15, 0.2) is 0 Å². The molecule has 1 atom stereocenters. The number of hydrogen-bond acceptors (Lipinski definition) is 5. The number of amides is 1. The molecule has 1 N–H and O–H groups in total. The van der Waals surface area contributed by atoms with Crippen molar-refractivity contribution in [2.24, 2.45) is 0 Å². The summed E-state index contributed by atoms with van der Waals surface area (Å²) in [6.45, 7) is 5.00. The maximum atomic E-state index is 12.7. The standard InChI is InChI=1S/C20H29N3O4/c1-27-17-7-5-16(6-8-17)14-21-9-3-11-22(13-12-21)19(24)15-23-10-2-4-18(23)20(25)26/h5-8,18H,2-4,9-15H2,1H3,(H,25,26)/t18-/m0/s1. The van der Waals surface area contributed by atoms with E-state index < -0.39 is 12.0 Å². The lowest BCUT2D eigenvalue weighted by Gasteiger charge is -2.26. The van der Waals surface area contributed by atoms with E-state index in [1.165, 1.54) is 5.56 Å². The predicted octanol–water partition coefficient (Wildman–Crippen LogP) is 1.28. The first kappa shape index (κ1) is 19.6. The molecule has 1 aromatic rings. The third kappa shape index (κ3) is 5.20. The molecule has 0 spiro atoms. The van der Waals surface area contributed by atoms with Crippen molar-refractivity contribution < 1.29 is 19.4 Å². The van der Waals surface area contributed by atoms with Crippen LogP contribution >= 0.6 is 0 Å². The molecule has 0 radical (unpaired) electrons. The zero-order chi connectivity index (χ0) is 19.2. The Morgan fingerprint density at radius 2 is 1.85 bits per heavy atom. The van der Waals surface area contributed by atoms with Crippen LogP contribution in [-0.2, 0) is 16.1 Å². The van der Waals surface area contributed by atoms with E-state index in [2.05, 4.69) is 17.0 Å². The molecule has 2 fully saturated rings. The summed E-state index contributed by atoms with van der Waals surface area (Å²) in [5, 5.41) is 9.28. The van der Waals surface area contributed by atoms with Crippen LogP contribution in [-0.4, -0.2) is 84.1 Å². The van der Waals surface area contributed by atoms with Gasteiger partial charge in [0.05, 0.1) is 13.7 Å². The second kappa shape index (κ2) is 9.19. The molecule has 2 saturated heterocycles. The Morgan fingerprint density at radius 1 is 1.07 bits per heavy atom. The zero-order valence-corrected chi connectivity index (χ0v) is 16.0. The number of rotatable bonds is 6. The first-order valence-corrected chi connectivity index (χ1v) is 9.67. The van der Waals surface area contributed by atoms with Crippen molar-refractivity contribution in [3.8, 4) is 5.75 Å². The third-order valence-electron chi connectivity index (χ3n) is 5.49. The minimum Gasteiger partial charge on any atom is -0.497 e. The molecule has 7 heteroatoms.